The molecule has 0 radical (unpaired) electrons. The molecule has 0 fully saturated rings. The van der Waals surface area contributed by atoms with Crippen molar-refractivity contribution in [3.8, 4) is 6.07 Å². The third-order valence-electron chi connectivity index (χ3n) is 1.82. The summed E-state index contributed by atoms with van der Waals surface area (Å²) in [5.74, 6) is 1.04. The van der Waals surface area contributed by atoms with Crippen molar-refractivity contribution < 1.29 is 4.42 Å². The first-order valence-corrected chi connectivity index (χ1v) is 4.14. The first-order valence-electron chi connectivity index (χ1n) is 4.14. The summed E-state index contributed by atoms with van der Waals surface area (Å²) in [5.41, 5.74) is 0.584. The van der Waals surface area contributed by atoms with Crippen LogP contribution in [0, 0.1) is 18.3 Å². The van der Waals surface area contributed by atoms with Crippen LogP contribution < -0.4 is 0 Å². The highest BCUT2D eigenvalue weighted by Gasteiger charge is 2.05. The van der Waals surface area contributed by atoms with Gasteiger partial charge in [-0.1, -0.05) is 0 Å². The standard InChI is InChI=1S/C9H8N4O/c1-7-11-12-9(14-7)6-13-4-2-3-8(13)5-10/h2-4H,6H2,1H3. The Bertz CT molecular complexity index is 477. The Morgan fingerprint density at radius 3 is 3.07 bits per heavy atom. The molecule has 0 bridgehead atoms. The predicted octanol–water partition coefficient (Wildman–Crippen LogP) is 1.10. The molecule has 2 rings (SSSR count). The Hall–Kier alpha value is -2.09. The van der Waals surface area contributed by atoms with Gasteiger partial charge in [-0.05, 0) is 12.1 Å². The number of hydrogen-bond acceptors (Lipinski definition) is 4. The van der Waals surface area contributed by atoms with Crippen molar-refractivity contribution in [1.29, 1.82) is 5.26 Å². The van der Waals surface area contributed by atoms with Crippen LogP contribution in [0.2, 0.25) is 0 Å². The maximum Gasteiger partial charge on any atom is 0.236 e. The zero-order chi connectivity index (χ0) is 9.97. The first kappa shape index (κ1) is 8.51. The zero-order valence-corrected chi connectivity index (χ0v) is 7.64. The third-order valence-corrected chi connectivity index (χ3v) is 1.82. The SMILES string of the molecule is Cc1nnc(Cn2cccc2C#N)o1. The lowest BCUT2D eigenvalue weighted by atomic mass is 10.4. The van der Waals surface area contributed by atoms with E-state index in [1.54, 1.807) is 23.8 Å². The molecule has 0 aliphatic carbocycles. The van der Waals surface area contributed by atoms with E-state index in [2.05, 4.69) is 16.3 Å². The van der Waals surface area contributed by atoms with Gasteiger partial charge in [-0.3, -0.25) is 0 Å². The molecule has 0 aliphatic heterocycles. The molecular weight excluding hydrogens is 180 g/mol. The van der Waals surface area contributed by atoms with Crippen LogP contribution >= 0.6 is 0 Å². The fourth-order valence-corrected chi connectivity index (χ4v) is 1.20. The van der Waals surface area contributed by atoms with E-state index in [1.165, 1.54) is 0 Å². The molecule has 0 aliphatic rings. The second-order valence-corrected chi connectivity index (χ2v) is 2.85. The van der Waals surface area contributed by atoms with E-state index in [9.17, 15) is 0 Å². The van der Waals surface area contributed by atoms with Gasteiger partial charge in [-0.2, -0.15) is 5.26 Å². The molecule has 14 heavy (non-hydrogen) atoms. The minimum absolute atomic E-state index is 0.441. The molecule has 0 saturated carbocycles. The number of nitriles is 1. The quantitative estimate of drug-likeness (QED) is 0.707. The Morgan fingerprint density at radius 2 is 2.43 bits per heavy atom. The molecular formula is C9H8N4O. The van der Waals surface area contributed by atoms with E-state index in [0.29, 0.717) is 24.0 Å². The average molecular weight is 188 g/mol. The summed E-state index contributed by atoms with van der Waals surface area (Å²) in [6.07, 6.45) is 1.80. The molecule has 2 aromatic heterocycles. The van der Waals surface area contributed by atoms with Gasteiger partial charge in [0.1, 0.15) is 18.3 Å². The third kappa shape index (κ3) is 1.50. The van der Waals surface area contributed by atoms with Gasteiger partial charge < -0.3 is 8.98 Å². The van der Waals surface area contributed by atoms with Crippen molar-refractivity contribution in [3.05, 3.63) is 35.8 Å². The summed E-state index contributed by atoms with van der Waals surface area (Å²) in [6.45, 7) is 2.17. The summed E-state index contributed by atoms with van der Waals surface area (Å²) in [4.78, 5) is 0. The largest absolute Gasteiger partial charge is 0.424 e. The molecule has 2 heterocycles. The van der Waals surface area contributed by atoms with Crippen molar-refractivity contribution in [2.75, 3.05) is 0 Å². The van der Waals surface area contributed by atoms with Crippen LogP contribution in [0.5, 0.6) is 0 Å². The highest BCUT2D eigenvalue weighted by Crippen LogP contribution is 2.05. The van der Waals surface area contributed by atoms with Crippen LogP contribution in [-0.2, 0) is 6.54 Å². The molecule has 0 N–H and O–H groups in total. The van der Waals surface area contributed by atoms with Crippen molar-refractivity contribution in [1.82, 2.24) is 14.8 Å². The lowest BCUT2D eigenvalue weighted by Crippen LogP contribution is -2.00. The van der Waals surface area contributed by atoms with Crippen molar-refractivity contribution >= 4 is 0 Å². The number of aryl methyl sites for hydroxylation is 1. The number of aromatic nitrogens is 3. The summed E-state index contributed by atoms with van der Waals surface area (Å²) in [5, 5.41) is 16.3. The van der Waals surface area contributed by atoms with Crippen molar-refractivity contribution in [2.45, 2.75) is 13.5 Å². The van der Waals surface area contributed by atoms with E-state index in [0.717, 1.165) is 0 Å². The summed E-state index contributed by atoms with van der Waals surface area (Å²) >= 11 is 0. The smallest absolute Gasteiger partial charge is 0.236 e. The van der Waals surface area contributed by atoms with Gasteiger partial charge >= 0.3 is 0 Å². The number of nitrogens with zero attached hydrogens (tertiary/aromatic N) is 4. The van der Waals surface area contributed by atoms with Crippen LogP contribution in [0.3, 0.4) is 0 Å². The number of hydrogen-bond donors (Lipinski definition) is 0. The molecule has 0 atom stereocenters. The van der Waals surface area contributed by atoms with E-state index in [1.807, 2.05) is 6.07 Å². The van der Waals surface area contributed by atoms with E-state index < -0.39 is 0 Å². The van der Waals surface area contributed by atoms with Crippen molar-refractivity contribution in [2.24, 2.45) is 0 Å². The molecule has 0 amide bonds. The molecule has 0 unspecified atom stereocenters. The van der Waals surface area contributed by atoms with Crippen LogP contribution in [0.1, 0.15) is 17.5 Å². The van der Waals surface area contributed by atoms with Crippen LogP contribution in [0.4, 0.5) is 0 Å². The second-order valence-electron chi connectivity index (χ2n) is 2.85. The zero-order valence-electron chi connectivity index (χ0n) is 7.64. The topological polar surface area (TPSA) is 67.6 Å². The lowest BCUT2D eigenvalue weighted by molar-refractivity contribution is 0.454. The minimum Gasteiger partial charge on any atom is -0.424 e. The maximum absolute atomic E-state index is 8.75. The van der Waals surface area contributed by atoms with Gasteiger partial charge in [-0.25, -0.2) is 0 Å². The van der Waals surface area contributed by atoms with Crippen LogP contribution in [0.15, 0.2) is 22.7 Å². The average Bonchev–Trinajstić information content (AvgIpc) is 2.76. The summed E-state index contributed by atoms with van der Waals surface area (Å²) in [7, 11) is 0. The number of rotatable bonds is 2. The summed E-state index contributed by atoms with van der Waals surface area (Å²) < 4.78 is 6.96. The maximum atomic E-state index is 8.75. The predicted molar refractivity (Wildman–Crippen MR) is 47.3 cm³/mol. The van der Waals surface area contributed by atoms with Gasteiger partial charge in [-0.15, -0.1) is 10.2 Å². The molecule has 5 heteroatoms. The molecule has 70 valence electrons. The van der Waals surface area contributed by atoms with E-state index >= 15 is 0 Å². The Morgan fingerprint density at radius 1 is 1.57 bits per heavy atom. The molecule has 2 aromatic rings. The van der Waals surface area contributed by atoms with Crippen molar-refractivity contribution in [3.63, 3.8) is 0 Å². The summed E-state index contributed by atoms with van der Waals surface area (Å²) in [6, 6.07) is 5.62. The Labute approximate surface area is 80.6 Å². The first-order chi connectivity index (χ1) is 6.79. The molecule has 0 saturated heterocycles. The van der Waals surface area contributed by atoms with Gasteiger partial charge in [0.15, 0.2) is 0 Å². The normalized spacial score (nSPS) is 10.0. The van der Waals surface area contributed by atoms with Gasteiger partial charge in [0.05, 0.1) is 0 Å². The van der Waals surface area contributed by atoms with Gasteiger partial charge in [0, 0.05) is 13.1 Å². The highest BCUT2D eigenvalue weighted by atomic mass is 16.4. The Kier molecular flexibility index (Phi) is 2.03. The van der Waals surface area contributed by atoms with Gasteiger partial charge in [0.25, 0.3) is 0 Å². The highest BCUT2D eigenvalue weighted by molar-refractivity contribution is 5.22. The monoisotopic (exact) mass is 188 g/mol. The fourth-order valence-electron chi connectivity index (χ4n) is 1.20. The van der Waals surface area contributed by atoms with E-state index in [-0.39, 0.29) is 0 Å². The fraction of sp³-hybridized carbons (Fsp3) is 0.222. The Balaban J connectivity index is 2.23. The van der Waals surface area contributed by atoms with Crippen LogP contribution in [0.25, 0.3) is 0 Å². The molecule has 5 nitrogen and oxygen atoms in total. The molecule has 0 spiro atoms. The second kappa shape index (κ2) is 3.34. The van der Waals surface area contributed by atoms with Crippen LogP contribution in [-0.4, -0.2) is 14.8 Å². The minimum atomic E-state index is 0.441. The van der Waals surface area contributed by atoms with Gasteiger partial charge in [0.2, 0.25) is 11.8 Å². The van der Waals surface area contributed by atoms with E-state index in [4.69, 9.17) is 9.68 Å². The lowest BCUT2D eigenvalue weighted by Gasteiger charge is -1.98. The molecule has 0 aromatic carbocycles.